The molecule has 0 aliphatic carbocycles. The number of hydrogen-bond donors (Lipinski definition) is 2. The van der Waals surface area contributed by atoms with Gasteiger partial charge in [0.15, 0.2) is 0 Å². The van der Waals surface area contributed by atoms with Crippen LogP contribution < -0.4 is 15.8 Å². The van der Waals surface area contributed by atoms with Crippen molar-refractivity contribution in [3.63, 3.8) is 0 Å². The topological polar surface area (TPSA) is 78.1 Å². The Morgan fingerprint density at radius 1 is 1.15 bits per heavy atom. The second-order valence-electron chi connectivity index (χ2n) is 6.50. The number of fused-ring (bicyclic) bond motifs is 1. The third kappa shape index (κ3) is 3.31. The summed E-state index contributed by atoms with van der Waals surface area (Å²) in [4.78, 5) is 33.9. The van der Waals surface area contributed by atoms with E-state index >= 15 is 0 Å². The van der Waals surface area contributed by atoms with Crippen molar-refractivity contribution in [3.8, 4) is 0 Å². The molecule has 0 radical (unpaired) electrons. The third-order valence-electron chi connectivity index (χ3n) is 4.69. The van der Waals surface area contributed by atoms with E-state index in [9.17, 15) is 9.59 Å². The Morgan fingerprint density at radius 3 is 2.73 bits per heavy atom. The molecular formula is C20H20N4O2. The van der Waals surface area contributed by atoms with Gasteiger partial charge in [0.1, 0.15) is 11.5 Å². The van der Waals surface area contributed by atoms with Crippen LogP contribution in [-0.4, -0.2) is 29.0 Å². The molecule has 6 nitrogen and oxygen atoms in total. The Balaban J connectivity index is 1.44. The fourth-order valence-corrected chi connectivity index (χ4v) is 3.27. The molecule has 0 unspecified atom stereocenters. The van der Waals surface area contributed by atoms with Gasteiger partial charge < -0.3 is 15.2 Å². The van der Waals surface area contributed by atoms with Crippen LogP contribution in [0.5, 0.6) is 0 Å². The number of hydrogen-bond acceptors (Lipinski definition) is 4. The third-order valence-corrected chi connectivity index (χ3v) is 4.69. The summed E-state index contributed by atoms with van der Waals surface area (Å²) >= 11 is 0. The Hall–Kier alpha value is -3.15. The number of carbonyl (C=O) groups excluding carboxylic acids is 1. The maximum absolute atomic E-state index is 12.4. The zero-order valence-corrected chi connectivity index (χ0v) is 14.4. The van der Waals surface area contributed by atoms with Gasteiger partial charge in [0.2, 0.25) is 0 Å². The van der Waals surface area contributed by atoms with Crippen molar-refractivity contribution < 1.29 is 4.79 Å². The van der Waals surface area contributed by atoms with E-state index in [-0.39, 0.29) is 17.2 Å². The molecule has 1 aliphatic heterocycles. The summed E-state index contributed by atoms with van der Waals surface area (Å²) in [7, 11) is 0. The van der Waals surface area contributed by atoms with Crippen LogP contribution in [0.3, 0.4) is 0 Å². The van der Waals surface area contributed by atoms with Gasteiger partial charge in [0.05, 0.1) is 0 Å². The van der Waals surface area contributed by atoms with Crippen LogP contribution in [0, 0.1) is 0 Å². The number of carbonyl (C=O) groups is 1. The zero-order chi connectivity index (χ0) is 17.9. The number of H-pyrrole nitrogens is 1. The highest BCUT2D eigenvalue weighted by Gasteiger charge is 2.13. The van der Waals surface area contributed by atoms with Crippen molar-refractivity contribution in [1.82, 2.24) is 15.3 Å². The molecule has 0 atom stereocenters. The van der Waals surface area contributed by atoms with Gasteiger partial charge in [0.25, 0.3) is 11.5 Å². The van der Waals surface area contributed by atoms with Crippen molar-refractivity contribution in [2.24, 2.45) is 0 Å². The van der Waals surface area contributed by atoms with Crippen LogP contribution in [0.2, 0.25) is 0 Å². The van der Waals surface area contributed by atoms with Crippen molar-refractivity contribution in [1.29, 1.82) is 0 Å². The lowest BCUT2D eigenvalue weighted by Crippen LogP contribution is -2.26. The number of anilines is 1. The van der Waals surface area contributed by atoms with Gasteiger partial charge in [-0.2, -0.15) is 0 Å². The van der Waals surface area contributed by atoms with Crippen LogP contribution in [0.4, 0.5) is 5.82 Å². The van der Waals surface area contributed by atoms with Crippen molar-refractivity contribution >= 4 is 22.5 Å². The molecular weight excluding hydrogens is 328 g/mol. The molecule has 1 saturated heterocycles. The minimum absolute atomic E-state index is 0.259. The van der Waals surface area contributed by atoms with Crippen molar-refractivity contribution in [3.05, 3.63) is 70.3 Å². The molecule has 3 heterocycles. The maximum Gasteiger partial charge on any atom is 0.268 e. The zero-order valence-electron chi connectivity index (χ0n) is 14.4. The first-order valence-corrected chi connectivity index (χ1v) is 8.81. The molecule has 1 fully saturated rings. The van der Waals surface area contributed by atoms with E-state index in [1.165, 1.54) is 12.8 Å². The minimum Gasteiger partial charge on any atom is -0.357 e. The second-order valence-corrected chi connectivity index (χ2v) is 6.50. The molecule has 132 valence electrons. The predicted octanol–water partition coefficient (Wildman–Crippen LogP) is 2.45. The van der Waals surface area contributed by atoms with Gasteiger partial charge in [-0.1, -0.05) is 24.3 Å². The van der Waals surface area contributed by atoms with E-state index in [2.05, 4.69) is 20.2 Å². The molecule has 6 heteroatoms. The van der Waals surface area contributed by atoms with Crippen molar-refractivity contribution in [2.75, 3.05) is 18.0 Å². The lowest BCUT2D eigenvalue weighted by atomic mass is 10.1. The van der Waals surface area contributed by atoms with Gasteiger partial charge in [-0.15, -0.1) is 0 Å². The van der Waals surface area contributed by atoms with E-state index in [0.717, 1.165) is 29.9 Å². The standard InChI is InChI=1S/C20H20N4O2/c25-19-16-6-2-1-5-15(16)11-17(23-19)20(26)22-13-14-7-8-18(21-12-14)24-9-3-4-10-24/h1-2,5-8,11-12H,3-4,9-10,13H2,(H,22,26)(H,23,25). The summed E-state index contributed by atoms with van der Waals surface area (Å²) in [6.45, 7) is 2.47. The summed E-state index contributed by atoms with van der Waals surface area (Å²) in [5.74, 6) is 0.674. The number of aromatic nitrogens is 2. The van der Waals surface area contributed by atoms with Gasteiger partial charge >= 0.3 is 0 Å². The first kappa shape index (κ1) is 16.3. The van der Waals surface area contributed by atoms with E-state index in [1.54, 1.807) is 24.4 Å². The van der Waals surface area contributed by atoms with Crippen molar-refractivity contribution in [2.45, 2.75) is 19.4 Å². The number of benzene rings is 1. The Bertz CT molecular complexity index is 989. The number of rotatable bonds is 4. The van der Waals surface area contributed by atoms with Crippen LogP contribution in [0.1, 0.15) is 28.9 Å². The average molecular weight is 348 g/mol. The molecule has 0 saturated carbocycles. The quantitative estimate of drug-likeness (QED) is 0.759. The molecule has 2 N–H and O–H groups in total. The minimum atomic E-state index is -0.309. The number of aromatic amines is 1. The highest BCUT2D eigenvalue weighted by atomic mass is 16.2. The first-order valence-electron chi connectivity index (χ1n) is 8.81. The summed E-state index contributed by atoms with van der Waals surface area (Å²) in [6.07, 6.45) is 4.21. The predicted molar refractivity (Wildman–Crippen MR) is 101 cm³/mol. The SMILES string of the molecule is O=C(NCc1ccc(N2CCCC2)nc1)c1cc2ccccc2c(=O)[nH]1. The fraction of sp³-hybridized carbons (Fsp3) is 0.250. The average Bonchev–Trinajstić information content (AvgIpc) is 3.21. The molecule has 1 aliphatic rings. The van der Waals surface area contributed by atoms with E-state index in [0.29, 0.717) is 11.9 Å². The van der Waals surface area contributed by atoms with Crippen LogP contribution in [0.15, 0.2) is 53.5 Å². The van der Waals surface area contributed by atoms with Gasteiger partial charge in [-0.05, 0) is 42.0 Å². The number of amides is 1. The molecule has 1 aromatic carbocycles. The first-order chi connectivity index (χ1) is 12.7. The van der Waals surface area contributed by atoms with E-state index < -0.39 is 0 Å². The highest BCUT2D eigenvalue weighted by Crippen LogP contribution is 2.17. The number of nitrogens with one attached hydrogen (secondary N) is 2. The van der Waals surface area contributed by atoms with Gasteiger partial charge in [-0.25, -0.2) is 4.98 Å². The van der Waals surface area contributed by atoms with Crippen LogP contribution in [-0.2, 0) is 6.54 Å². The Kier molecular flexibility index (Phi) is 4.39. The highest BCUT2D eigenvalue weighted by molar-refractivity contribution is 5.96. The Morgan fingerprint density at radius 2 is 1.96 bits per heavy atom. The molecule has 1 amide bonds. The van der Waals surface area contributed by atoms with E-state index in [4.69, 9.17) is 0 Å². The summed E-state index contributed by atoms with van der Waals surface area (Å²) < 4.78 is 0. The fourth-order valence-electron chi connectivity index (χ4n) is 3.27. The summed E-state index contributed by atoms with van der Waals surface area (Å²) in [5, 5.41) is 4.16. The van der Waals surface area contributed by atoms with Gasteiger partial charge in [-0.3, -0.25) is 9.59 Å². The summed E-state index contributed by atoms with van der Waals surface area (Å²) in [5.41, 5.74) is 0.921. The summed E-state index contributed by atoms with van der Waals surface area (Å²) in [6, 6.07) is 12.9. The molecule has 4 rings (SSSR count). The smallest absolute Gasteiger partial charge is 0.268 e. The molecule has 26 heavy (non-hydrogen) atoms. The molecule has 3 aromatic rings. The normalized spacial score (nSPS) is 13.9. The molecule has 0 bridgehead atoms. The van der Waals surface area contributed by atoms with E-state index in [1.807, 2.05) is 24.3 Å². The Labute approximate surface area is 150 Å². The van der Waals surface area contributed by atoms with Crippen LogP contribution in [0.25, 0.3) is 10.8 Å². The molecule has 0 spiro atoms. The second kappa shape index (κ2) is 7.00. The van der Waals surface area contributed by atoms with Gasteiger partial charge in [0, 0.05) is 31.2 Å². The maximum atomic E-state index is 12.4. The number of pyridine rings is 2. The largest absolute Gasteiger partial charge is 0.357 e. The molecule has 2 aromatic heterocycles. The van der Waals surface area contributed by atoms with Crippen LogP contribution >= 0.6 is 0 Å². The monoisotopic (exact) mass is 348 g/mol. The number of nitrogens with zero attached hydrogens (tertiary/aromatic N) is 2. The lowest BCUT2D eigenvalue weighted by molar-refractivity contribution is 0.0946. The lowest BCUT2D eigenvalue weighted by Gasteiger charge is -2.16.